The first-order valence-corrected chi connectivity index (χ1v) is 6.86. The van der Waals surface area contributed by atoms with Crippen LogP contribution in [-0.2, 0) is 9.53 Å². The highest BCUT2D eigenvalue weighted by atomic mass is 32.1. The lowest BCUT2D eigenvalue weighted by Crippen LogP contribution is -2.49. The number of rotatable bonds is 3. The van der Waals surface area contributed by atoms with Gasteiger partial charge in [-0.15, -0.1) is 0 Å². The first-order chi connectivity index (χ1) is 10.3. The van der Waals surface area contributed by atoms with Gasteiger partial charge in [-0.2, -0.15) is 13.2 Å². The molecule has 1 aromatic rings. The summed E-state index contributed by atoms with van der Waals surface area (Å²) in [5.41, 5.74) is -1.24. The summed E-state index contributed by atoms with van der Waals surface area (Å²) >= 11 is 4.82. The number of benzene rings is 1. The molecular weight excluding hydrogens is 317 g/mol. The topological polar surface area (TPSA) is 50.4 Å². The van der Waals surface area contributed by atoms with Gasteiger partial charge in [-0.25, -0.2) is 4.79 Å². The second-order valence-electron chi connectivity index (χ2n) is 4.45. The van der Waals surface area contributed by atoms with Crippen LogP contribution in [0.25, 0.3) is 0 Å². The van der Waals surface area contributed by atoms with Crippen LogP contribution in [0.15, 0.2) is 41.6 Å². The maximum absolute atomic E-state index is 13.2. The van der Waals surface area contributed by atoms with Crippen LogP contribution in [0.3, 0.4) is 0 Å². The van der Waals surface area contributed by atoms with Crippen molar-refractivity contribution in [3.05, 3.63) is 47.2 Å². The van der Waals surface area contributed by atoms with Gasteiger partial charge < -0.3 is 15.4 Å². The molecule has 0 spiro atoms. The predicted molar refractivity (Wildman–Crippen MR) is 77.8 cm³/mol. The van der Waals surface area contributed by atoms with Crippen molar-refractivity contribution in [1.82, 2.24) is 10.6 Å². The lowest BCUT2D eigenvalue weighted by Gasteiger charge is -2.31. The number of carbonyl (C=O) groups is 1. The largest absolute Gasteiger partial charge is 0.463 e. The van der Waals surface area contributed by atoms with Crippen molar-refractivity contribution >= 4 is 23.3 Å². The molecule has 0 aliphatic carbocycles. The van der Waals surface area contributed by atoms with Gasteiger partial charge in [0.1, 0.15) is 5.70 Å². The van der Waals surface area contributed by atoms with E-state index in [9.17, 15) is 18.0 Å². The Labute approximate surface area is 130 Å². The summed E-state index contributed by atoms with van der Waals surface area (Å²) in [5, 5.41) is 4.51. The molecule has 0 aromatic heterocycles. The van der Waals surface area contributed by atoms with Crippen LogP contribution >= 0.6 is 12.2 Å². The number of carbonyl (C=O) groups excluding carboxylic acids is 1. The molecule has 2 rings (SSSR count). The van der Waals surface area contributed by atoms with Crippen LogP contribution in [0.1, 0.15) is 18.5 Å². The fourth-order valence-corrected chi connectivity index (χ4v) is 2.33. The summed E-state index contributed by atoms with van der Waals surface area (Å²) in [6.07, 6.45) is -4.75. The van der Waals surface area contributed by atoms with Gasteiger partial charge in [0.15, 0.2) is 5.11 Å². The first-order valence-electron chi connectivity index (χ1n) is 6.45. The van der Waals surface area contributed by atoms with Crippen molar-refractivity contribution in [2.45, 2.75) is 19.1 Å². The van der Waals surface area contributed by atoms with Crippen LogP contribution < -0.4 is 10.6 Å². The third-order valence-corrected chi connectivity index (χ3v) is 3.20. The molecule has 118 valence electrons. The fourth-order valence-electron chi connectivity index (χ4n) is 2.11. The maximum atomic E-state index is 13.2. The molecule has 1 aromatic carbocycles. The molecule has 1 heterocycles. The number of allylic oxidation sites excluding steroid dienone is 1. The molecule has 0 unspecified atom stereocenters. The number of ether oxygens (including phenoxy) is 1. The van der Waals surface area contributed by atoms with Crippen LogP contribution in [0, 0.1) is 0 Å². The van der Waals surface area contributed by atoms with E-state index in [1.165, 1.54) is 6.92 Å². The second-order valence-corrected chi connectivity index (χ2v) is 4.86. The number of hydrogen-bond donors (Lipinski definition) is 2. The van der Waals surface area contributed by atoms with E-state index in [0.717, 1.165) is 0 Å². The highest BCUT2D eigenvalue weighted by Gasteiger charge is 2.44. The second kappa shape index (κ2) is 6.35. The maximum Gasteiger partial charge on any atom is 0.431 e. The third kappa shape index (κ3) is 3.38. The Balaban J connectivity index is 2.59. The van der Waals surface area contributed by atoms with Crippen LogP contribution in [0.2, 0.25) is 0 Å². The molecule has 0 radical (unpaired) electrons. The minimum Gasteiger partial charge on any atom is -0.463 e. The Morgan fingerprint density at radius 1 is 1.32 bits per heavy atom. The van der Waals surface area contributed by atoms with E-state index in [-0.39, 0.29) is 11.7 Å². The van der Waals surface area contributed by atoms with Gasteiger partial charge in [0.05, 0.1) is 18.2 Å². The zero-order valence-electron chi connectivity index (χ0n) is 11.5. The molecule has 1 atom stereocenters. The highest BCUT2D eigenvalue weighted by molar-refractivity contribution is 7.80. The van der Waals surface area contributed by atoms with E-state index in [2.05, 4.69) is 5.32 Å². The fraction of sp³-hybridized carbons (Fsp3) is 0.286. The van der Waals surface area contributed by atoms with Gasteiger partial charge in [-0.1, -0.05) is 30.3 Å². The van der Waals surface area contributed by atoms with Crippen molar-refractivity contribution in [2.75, 3.05) is 6.61 Å². The Kier molecular flexibility index (Phi) is 4.70. The van der Waals surface area contributed by atoms with Crippen LogP contribution in [0.4, 0.5) is 13.2 Å². The Bertz CT molecular complexity index is 614. The van der Waals surface area contributed by atoms with E-state index in [0.29, 0.717) is 5.56 Å². The number of nitrogens with one attached hydrogen (secondary N) is 2. The Morgan fingerprint density at radius 3 is 2.50 bits per heavy atom. The molecule has 0 saturated heterocycles. The molecule has 0 bridgehead atoms. The zero-order valence-corrected chi connectivity index (χ0v) is 12.3. The normalized spacial score (nSPS) is 18.5. The number of esters is 1. The molecule has 8 heteroatoms. The molecule has 1 aliphatic rings. The zero-order chi connectivity index (χ0) is 16.3. The van der Waals surface area contributed by atoms with Crippen molar-refractivity contribution in [2.24, 2.45) is 0 Å². The van der Waals surface area contributed by atoms with Crippen molar-refractivity contribution in [3.8, 4) is 0 Å². The van der Waals surface area contributed by atoms with Crippen LogP contribution in [-0.4, -0.2) is 23.9 Å². The van der Waals surface area contributed by atoms with E-state index in [4.69, 9.17) is 17.0 Å². The molecular formula is C14H13F3N2O2S. The monoisotopic (exact) mass is 330 g/mol. The summed E-state index contributed by atoms with van der Waals surface area (Å²) in [7, 11) is 0. The van der Waals surface area contributed by atoms with Crippen molar-refractivity contribution in [3.63, 3.8) is 0 Å². The minimum atomic E-state index is -4.75. The molecule has 1 aliphatic heterocycles. The van der Waals surface area contributed by atoms with Gasteiger partial charge in [0, 0.05) is 0 Å². The molecule has 2 N–H and O–H groups in total. The molecule has 0 amide bonds. The highest BCUT2D eigenvalue weighted by Crippen LogP contribution is 2.35. The van der Waals surface area contributed by atoms with Gasteiger partial charge in [0.2, 0.25) is 0 Å². The molecule has 0 fully saturated rings. The van der Waals surface area contributed by atoms with E-state index < -0.39 is 29.5 Å². The quantitative estimate of drug-likeness (QED) is 0.659. The van der Waals surface area contributed by atoms with Crippen molar-refractivity contribution in [1.29, 1.82) is 0 Å². The first kappa shape index (κ1) is 16.3. The van der Waals surface area contributed by atoms with Gasteiger partial charge in [-0.3, -0.25) is 0 Å². The average molecular weight is 330 g/mol. The van der Waals surface area contributed by atoms with E-state index >= 15 is 0 Å². The summed E-state index contributed by atoms with van der Waals surface area (Å²) in [6, 6.07) is 7.25. The third-order valence-electron chi connectivity index (χ3n) is 2.98. The minimum absolute atomic E-state index is 0.0283. The van der Waals surface area contributed by atoms with Crippen molar-refractivity contribution < 1.29 is 22.7 Å². The Hall–Kier alpha value is -2.09. The number of hydrogen-bond acceptors (Lipinski definition) is 3. The predicted octanol–water partition coefficient (Wildman–Crippen LogP) is 2.58. The summed E-state index contributed by atoms with van der Waals surface area (Å²) in [5.74, 6) is -1.04. The molecule has 22 heavy (non-hydrogen) atoms. The summed E-state index contributed by atoms with van der Waals surface area (Å²) in [4.78, 5) is 12.0. The number of halogens is 3. The van der Waals surface area contributed by atoms with Gasteiger partial charge in [0.25, 0.3) is 0 Å². The standard InChI is InChI=1S/C14H13F3N2O2S/c1-2-21-12(20)9-10(8-6-4-3-5-7-8)18-13(22)19-11(9)14(15,16)17/h3-7,10H,2H2,1H3,(H2,18,19,22)/t10-/m1/s1. The van der Waals surface area contributed by atoms with Crippen LogP contribution in [0.5, 0.6) is 0 Å². The van der Waals surface area contributed by atoms with E-state index in [1.807, 2.05) is 5.32 Å². The average Bonchev–Trinajstić information content (AvgIpc) is 2.46. The lowest BCUT2D eigenvalue weighted by molar-refractivity contribution is -0.140. The van der Waals surface area contributed by atoms with E-state index in [1.54, 1.807) is 30.3 Å². The number of thiocarbonyl (C=S) groups is 1. The Morgan fingerprint density at radius 2 is 1.95 bits per heavy atom. The number of alkyl halides is 3. The summed E-state index contributed by atoms with van der Waals surface area (Å²) in [6.45, 7) is 1.50. The SMILES string of the molecule is CCOC(=O)C1=C(C(F)(F)F)NC(=S)N[C@@H]1c1ccccc1. The lowest BCUT2D eigenvalue weighted by atomic mass is 9.95. The molecule has 4 nitrogen and oxygen atoms in total. The smallest absolute Gasteiger partial charge is 0.431 e. The van der Waals surface area contributed by atoms with Gasteiger partial charge in [-0.05, 0) is 24.7 Å². The summed E-state index contributed by atoms with van der Waals surface area (Å²) < 4.78 is 44.5. The van der Waals surface area contributed by atoms with Gasteiger partial charge >= 0.3 is 12.1 Å². The molecule has 0 saturated carbocycles.